The van der Waals surface area contributed by atoms with E-state index in [1.54, 1.807) is 7.11 Å². The van der Waals surface area contributed by atoms with Gasteiger partial charge in [-0.05, 0) is 48.1 Å². The van der Waals surface area contributed by atoms with Gasteiger partial charge in [-0.15, -0.1) is 11.8 Å². The molecule has 5 heteroatoms. The first kappa shape index (κ1) is 17.3. The van der Waals surface area contributed by atoms with Gasteiger partial charge in [0.15, 0.2) is 0 Å². The molecule has 0 fully saturated rings. The Kier molecular flexibility index (Phi) is 5.82. The van der Waals surface area contributed by atoms with E-state index in [4.69, 9.17) is 21.3 Å². The number of thioether (sulfide) groups is 1. The van der Waals surface area contributed by atoms with Crippen LogP contribution in [0.1, 0.15) is 24.7 Å². The molecule has 1 heterocycles. The molecule has 0 aliphatic heterocycles. The normalized spacial score (nSPS) is 11.3. The maximum Gasteiger partial charge on any atom is 0.136 e. The van der Waals surface area contributed by atoms with Crippen molar-refractivity contribution in [3.63, 3.8) is 0 Å². The van der Waals surface area contributed by atoms with Crippen LogP contribution in [0.3, 0.4) is 0 Å². The van der Waals surface area contributed by atoms with E-state index in [-0.39, 0.29) is 0 Å². The van der Waals surface area contributed by atoms with Gasteiger partial charge < -0.3 is 9.30 Å². The summed E-state index contributed by atoms with van der Waals surface area (Å²) in [6.07, 6.45) is 1.17. The molecule has 24 heavy (non-hydrogen) atoms. The second-order valence-corrected chi connectivity index (χ2v) is 7.28. The number of hydrogen-bond acceptors (Lipinski definition) is 3. The lowest BCUT2D eigenvalue weighted by molar-refractivity contribution is 0.175. The lowest BCUT2D eigenvalue weighted by Gasteiger charge is -2.10. The number of imidazole rings is 1. The first-order valence-corrected chi connectivity index (χ1v) is 9.43. The van der Waals surface area contributed by atoms with E-state index in [1.807, 2.05) is 30.0 Å². The quantitative estimate of drug-likeness (QED) is 0.529. The number of fused-ring (bicyclic) bond motifs is 1. The van der Waals surface area contributed by atoms with Gasteiger partial charge >= 0.3 is 0 Å². The summed E-state index contributed by atoms with van der Waals surface area (Å²) in [6, 6.07) is 14.4. The van der Waals surface area contributed by atoms with E-state index in [1.165, 1.54) is 11.3 Å². The van der Waals surface area contributed by atoms with Crippen molar-refractivity contribution >= 4 is 34.4 Å². The summed E-state index contributed by atoms with van der Waals surface area (Å²) in [5.74, 6) is 2.06. The zero-order chi connectivity index (χ0) is 16.9. The molecule has 2 aromatic carbocycles. The van der Waals surface area contributed by atoms with E-state index in [0.29, 0.717) is 6.61 Å². The van der Waals surface area contributed by atoms with Gasteiger partial charge in [-0.25, -0.2) is 4.98 Å². The molecule has 0 atom stereocenters. The fraction of sp³-hybridized carbons (Fsp3) is 0.316. The van der Waals surface area contributed by atoms with E-state index >= 15 is 0 Å². The molecule has 3 aromatic rings. The Morgan fingerprint density at radius 1 is 1.21 bits per heavy atom. The van der Waals surface area contributed by atoms with Crippen LogP contribution >= 0.6 is 23.4 Å². The van der Waals surface area contributed by atoms with Gasteiger partial charge in [0.1, 0.15) is 12.4 Å². The zero-order valence-corrected chi connectivity index (χ0v) is 15.5. The minimum Gasteiger partial charge on any atom is -0.377 e. The Morgan fingerprint density at radius 2 is 2.08 bits per heavy atom. The molecule has 0 unspecified atom stereocenters. The average Bonchev–Trinajstić information content (AvgIpc) is 2.90. The molecule has 0 saturated heterocycles. The summed E-state index contributed by atoms with van der Waals surface area (Å²) in [4.78, 5) is 6.02. The standard InChI is InChI=1S/C19H21ClN2OS/c1-3-9-24-16-7-8-17-18(11-16)22(19(21-17)13-23-2)12-14-5-4-6-15(20)10-14/h4-8,10-11H,3,9,12-13H2,1-2H3. The van der Waals surface area contributed by atoms with Crippen LogP contribution in [0.15, 0.2) is 47.4 Å². The molecule has 0 N–H and O–H groups in total. The largest absolute Gasteiger partial charge is 0.377 e. The number of hydrogen-bond donors (Lipinski definition) is 0. The molecule has 0 spiro atoms. The van der Waals surface area contributed by atoms with Crippen molar-refractivity contribution in [2.45, 2.75) is 31.4 Å². The number of methoxy groups -OCH3 is 1. The lowest BCUT2D eigenvalue weighted by atomic mass is 10.2. The Labute approximate surface area is 152 Å². The van der Waals surface area contributed by atoms with Crippen LogP contribution in [-0.4, -0.2) is 22.4 Å². The highest BCUT2D eigenvalue weighted by atomic mass is 35.5. The number of ether oxygens (including phenoxy) is 1. The Hall–Kier alpha value is -1.49. The van der Waals surface area contributed by atoms with Crippen LogP contribution in [0.25, 0.3) is 11.0 Å². The highest BCUT2D eigenvalue weighted by molar-refractivity contribution is 7.99. The van der Waals surface area contributed by atoms with Crippen LogP contribution in [0.5, 0.6) is 0 Å². The van der Waals surface area contributed by atoms with Crippen LogP contribution in [0, 0.1) is 0 Å². The molecule has 0 radical (unpaired) electrons. The molecular formula is C19H21ClN2OS. The van der Waals surface area contributed by atoms with Crippen LogP contribution < -0.4 is 0 Å². The summed E-state index contributed by atoms with van der Waals surface area (Å²) >= 11 is 8.02. The fourth-order valence-electron chi connectivity index (χ4n) is 2.70. The molecular weight excluding hydrogens is 340 g/mol. The van der Waals surface area contributed by atoms with Crippen molar-refractivity contribution in [1.82, 2.24) is 9.55 Å². The van der Waals surface area contributed by atoms with Gasteiger partial charge in [-0.1, -0.05) is 30.7 Å². The fourth-order valence-corrected chi connectivity index (χ4v) is 3.71. The van der Waals surface area contributed by atoms with Crippen LogP contribution in [0.4, 0.5) is 0 Å². The SMILES string of the molecule is CCCSc1ccc2nc(COC)n(Cc3cccc(Cl)c3)c2c1. The highest BCUT2D eigenvalue weighted by Crippen LogP contribution is 2.26. The molecule has 0 saturated carbocycles. The third kappa shape index (κ3) is 3.94. The molecule has 1 aromatic heterocycles. The van der Waals surface area contributed by atoms with Gasteiger partial charge in [0, 0.05) is 23.6 Å². The maximum atomic E-state index is 6.13. The predicted octanol–water partition coefficient (Wildman–Crippen LogP) is 5.39. The highest BCUT2D eigenvalue weighted by Gasteiger charge is 2.12. The first-order valence-electron chi connectivity index (χ1n) is 8.06. The Bertz CT molecular complexity index is 831. The van der Waals surface area contributed by atoms with Crippen molar-refractivity contribution in [3.05, 3.63) is 58.9 Å². The van der Waals surface area contributed by atoms with Gasteiger partial charge in [-0.2, -0.15) is 0 Å². The molecule has 3 nitrogen and oxygen atoms in total. The predicted molar refractivity (Wildman–Crippen MR) is 102 cm³/mol. The second kappa shape index (κ2) is 8.06. The van der Waals surface area contributed by atoms with E-state index in [9.17, 15) is 0 Å². The van der Waals surface area contributed by atoms with Gasteiger partial charge in [0.2, 0.25) is 0 Å². The minimum atomic E-state index is 0.493. The number of nitrogens with zero attached hydrogens (tertiary/aromatic N) is 2. The van der Waals surface area contributed by atoms with Crippen LogP contribution in [-0.2, 0) is 17.9 Å². The maximum absolute atomic E-state index is 6.13. The van der Waals surface area contributed by atoms with E-state index in [2.05, 4.69) is 35.8 Å². The first-order chi connectivity index (χ1) is 11.7. The molecule has 126 valence electrons. The summed E-state index contributed by atoms with van der Waals surface area (Å²) in [5, 5.41) is 0.754. The van der Waals surface area contributed by atoms with E-state index < -0.39 is 0 Å². The summed E-state index contributed by atoms with van der Waals surface area (Å²) < 4.78 is 7.56. The number of rotatable bonds is 7. The van der Waals surface area contributed by atoms with Crippen molar-refractivity contribution in [2.24, 2.45) is 0 Å². The minimum absolute atomic E-state index is 0.493. The Morgan fingerprint density at radius 3 is 2.83 bits per heavy atom. The third-order valence-electron chi connectivity index (χ3n) is 3.77. The zero-order valence-electron chi connectivity index (χ0n) is 14.0. The molecule has 0 amide bonds. The van der Waals surface area contributed by atoms with Gasteiger partial charge in [0.05, 0.1) is 11.0 Å². The summed E-state index contributed by atoms with van der Waals surface area (Å²) in [7, 11) is 1.70. The number of benzene rings is 2. The smallest absolute Gasteiger partial charge is 0.136 e. The van der Waals surface area contributed by atoms with Crippen molar-refractivity contribution < 1.29 is 4.74 Å². The monoisotopic (exact) mass is 360 g/mol. The van der Waals surface area contributed by atoms with E-state index in [0.717, 1.165) is 39.7 Å². The summed E-state index contributed by atoms with van der Waals surface area (Å²) in [6.45, 7) is 3.43. The van der Waals surface area contributed by atoms with Crippen molar-refractivity contribution in [3.8, 4) is 0 Å². The van der Waals surface area contributed by atoms with Gasteiger partial charge in [0.25, 0.3) is 0 Å². The summed E-state index contributed by atoms with van der Waals surface area (Å²) in [5.41, 5.74) is 3.30. The average molecular weight is 361 g/mol. The molecule has 0 aliphatic carbocycles. The number of aromatic nitrogens is 2. The van der Waals surface area contributed by atoms with Crippen molar-refractivity contribution in [2.75, 3.05) is 12.9 Å². The Balaban J connectivity index is 2.02. The van der Waals surface area contributed by atoms with Gasteiger partial charge in [-0.3, -0.25) is 0 Å². The number of halogens is 1. The molecule has 0 bridgehead atoms. The topological polar surface area (TPSA) is 27.1 Å². The van der Waals surface area contributed by atoms with Crippen molar-refractivity contribution in [1.29, 1.82) is 0 Å². The third-order valence-corrected chi connectivity index (χ3v) is 5.21. The van der Waals surface area contributed by atoms with Crippen LogP contribution in [0.2, 0.25) is 5.02 Å². The second-order valence-electron chi connectivity index (χ2n) is 5.68. The lowest BCUT2D eigenvalue weighted by Crippen LogP contribution is -2.06. The molecule has 0 aliphatic rings. The molecule has 3 rings (SSSR count).